The third kappa shape index (κ3) is 5.64. The molecule has 6 nitrogen and oxygen atoms in total. The van der Waals surface area contributed by atoms with Gasteiger partial charge in [-0.15, -0.1) is 11.8 Å². The van der Waals surface area contributed by atoms with Crippen LogP contribution in [0.15, 0.2) is 83.6 Å². The van der Waals surface area contributed by atoms with Crippen LogP contribution in [0.4, 0.5) is 0 Å². The Bertz CT molecular complexity index is 1060. The van der Waals surface area contributed by atoms with Crippen molar-refractivity contribution in [2.24, 2.45) is 4.99 Å². The molecule has 4 rings (SSSR count). The number of hydrogen-bond donors (Lipinski definition) is 2. The van der Waals surface area contributed by atoms with Gasteiger partial charge in [-0.1, -0.05) is 48.5 Å². The minimum atomic E-state index is -0.985. The zero-order valence-corrected chi connectivity index (χ0v) is 17.5. The summed E-state index contributed by atoms with van der Waals surface area (Å²) in [6.07, 6.45) is 6.22. The lowest BCUT2D eigenvalue weighted by Gasteiger charge is -2.17. The van der Waals surface area contributed by atoms with E-state index in [0.717, 1.165) is 21.9 Å². The Morgan fingerprint density at radius 1 is 1.10 bits per heavy atom. The maximum atomic E-state index is 12.3. The number of carboxylic acid groups (broad SMARTS) is 1. The summed E-state index contributed by atoms with van der Waals surface area (Å²) in [7, 11) is 0. The van der Waals surface area contributed by atoms with Crippen LogP contribution in [0, 0.1) is 0 Å². The second kappa shape index (κ2) is 9.66. The zero-order chi connectivity index (χ0) is 21.6. The van der Waals surface area contributed by atoms with E-state index in [2.05, 4.69) is 16.4 Å². The lowest BCUT2D eigenvalue weighted by atomic mass is 10.1. The molecule has 2 aromatic rings. The summed E-state index contributed by atoms with van der Waals surface area (Å²) in [4.78, 5) is 28.0. The van der Waals surface area contributed by atoms with Crippen LogP contribution in [-0.2, 0) is 22.7 Å². The summed E-state index contributed by atoms with van der Waals surface area (Å²) in [5.74, 6) is -0.309. The Morgan fingerprint density at radius 2 is 1.90 bits per heavy atom. The van der Waals surface area contributed by atoms with Gasteiger partial charge in [0.05, 0.1) is 28.3 Å². The largest absolute Gasteiger partial charge is 0.489 e. The SMILES string of the molecule is O=C(CC1=NC2C=CC(OCc3ccccc3)=CC2S1)NCc1cccc(C(=O)O)c1. The first-order chi connectivity index (χ1) is 15.1. The standard InChI is InChI=1S/C24H22N2O4S/c27-22(25-14-17-7-4-8-18(11-17)24(28)29)13-23-26-20-10-9-19(12-21(20)31-23)30-15-16-5-2-1-3-6-16/h1-12,20-21H,13-15H2,(H,25,27)(H,28,29). The lowest BCUT2D eigenvalue weighted by molar-refractivity contribution is -0.120. The first kappa shape index (κ1) is 20.9. The van der Waals surface area contributed by atoms with Crippen molar-refractivity contribution in [2.75, 3.05) is 0 Å². The van der Waals surface area contributed by atoms with Crippen LogP contribution in [0.1, 0.15) is 27.9 Å². The molecule has 1 aliphatic heterocycles. The average Bonchev–Trinajstić information content (AvgIpc) is 3.18. The summed E-state index contributed by atoms with van der Waals surface area (Å²) in [5.41, 5.74) is 2.06. The average molecular weight is 435 g/mol. The Balaban J connectivity index is 1.26. The number of rotatable bonds is 8. The smallest absolute Gasteiger partial charge is 0.335 e. The van der Waals surface area contributed by atoms with Crippen LogP contribution >= 0.6 is 11.8 Å². The number of carbonyl (C=O) groups excluding carboxylic acids is 1. The molecular weight excluding hydrogens is 412 g/mol. The van der Waals surface area contributed by atoms with Crippen molar-refractivity contribution in [3.05, 3.63) is 95.3 Å². The number of aliphatic imine (C=N–C) groups is 1. The highest BCUT2D eigenvalue weighted by atomic mass is 32.2. The molecule has 0 aromatic heterocycles. The second-order valence-corrected chi connectivity index (χ2v) is 8.51. The molecule has 7 heteroatoms. The Labute approximate surface area is 184 Å². The van der Waals surface area contributed by atoms with Crippen LogP contribution in [0.25, 0.3) is 0 Å². The molecule has 0 spiro atoms. The Hall–Kier alpha value is -3.32. The number of carbonyl (C=O) groups is 2. The molecule has 0 saturated heterocycles. The van der Waals surface area contributed by atoms with Crippen molar-refractivity contribution in [1.29, 1.82) is 0 Å². The molecular formula is C24H22N2O4S. The fourth-order valence-electron chi connectivity index (χ4n) is 3.33. The van der Waals surface area contributed by atoms with Crippen molar-refractivity contribution in [3.63, 3.8) is 0 Å². The molecule has 1 amide bonds. The molecule has 0 saturated carbocycles. The molecule has 2 atom stereocenters. The first-order valence-corrected chi connectivity index (χ1v) is 10.8. The van der Waals surface area contributed by atoms with Crippen LogP contribution in [0.5, 0.6) is 0 Å². The molecule has 158 valence electrons. The maximum absolute atomic E-state index is 12.3. The van der Waals surface area contributed by atoms with E-state index in [1.165, 1.54) is 6.07 Å². The summed E-state index contributed by atoms with van der Waals surface area (Å²) < 4.78 is 5.90. The van der Waals surface area contributed by atoms with Gasteiger partial charge >= 0.3 is 5.97 Å². The van der Waals surface area contributed by atoms with Gasteiger partial charge in [-0.2, -0.15) is 0 Å². The van der Waals surface area contributed by atoms with Crippen molar-refractivity contribution in [2.45, 2.75) is 30.9 Å². The third-order valence-electron chi connectivity index (χ3n) is 4.91. The van der Waals surface area contributed by atoms with E-state index < -0.39 is 5.97 Å². The number of amides is 1. The first-order valence-electron chi connectivity index (χ1n) is 9.96. The van der Waals surface area contributed by atoms with Gasteiger partial charge in [0.2, 0.25) is 5.91 Å². The molecule has 2 aromatic carbocycles. The van der Waals surface area contributed by atoms with Crippen molar-refractivity contribution in [3.8, 4) is 0 Å². The van der Waals surface area contributed by atoms with Gasteiger partial charge in [0.15, 0.2) is 0 Å². The Morgan fingerprint density at radius 3 is 2.71 bits per heavy atom. The van der Waals surface area contributed by atoms with E-state index in [0.29, 0.717) is 6.61 Å². The van der Waals surface area contributed by atoms with Crippen LogP contribution in [0.2, 0.25) is 0 Å². The zero-order valence-electron chi connectivity index (χ0n) is 16.7. The molecule has 2 unspecified atom stereocenters. The van der Waals surface area contributed by atoms with Crippen molar-refractivity contribution >= 4 is 28.7 Å². The van der Waals surface area contributed by atoms with Gasteiger partial charge in [0, 0.05) is 6.54 Å². The topological polar surface area (TPSA) is 88.0 Å². The van der Waals surface area contributed by atoms with Gasteiger partial charge < -0.3 is 15.2 Å². The van der Waals surface area contributed by atoms with E-state index in [1.54, 1.807) is 30.0 Å². The van der Waals surface area contributed by atoms with Gasteiger partial charge in [0.1, 0.15) is 12.4 Å². The van der Waals surface area contributed by atoms with E-state index in [4.69, 9.17) is 9.84 Å². The fourth-order valence-corrected chi connectivity index (χ4v) is 4.54. The van der Waals surface area contributed by atoms with Gasteiger partial charge in [0.25, 0.3) is 0 Å². The Kier molecular flexibility index (Phi) is 6.52. The second-order valence-electron chi connectivity index (χ2n) is 7.26. The molecule has 0 bridgehead atoms. The lowest BCUT2D eigenvalue weighted by Crippen LogP contribution is -2.24. The van der Waals surface area contributed by atoms with Gasteiger partial charge in [-0.05, 0) is 35.4 Å². The van der Waals surface area contributed by atoms with Crippen LogP contribution < -0.4 is 5.32 Å². The highest BCUT2D eigenvalue weighted by molar-refractivity contribution is 8.15. The third-order valence-corrected chi connectivity index (χ3v) is 6.12. The number of nitrogens with zero attached hydrogens (tertiary/aromatic N) is 1. The van der Waals surface area contributed by atoms with Crippen LogP contribution in [0.3, 0.4) is 0 Å². The number of carboxylic acids is 1. The predicted octanol–water partition coefficient (Wildman–Crippen LogP) is 3.94. The number of nitrogens with one attached hydrogen (secondary N) is 1. The molecule has 2 aliphatic rings. The van der Waals surface area contributed by atoms with E-state index >= 15 is 0 Å². The molecule has 1 aliphatic carbocycles. The predicted molar refractivity (Wildman–Crippen MR) is 121 cm³/mol. The molecule has 1 heterocycles. The quantitative estimate of drug-likeness (QED) is 0.657. The van der Waals surface area contributed by atoms with Gasteiger partial charge in [-0.25, -0.2) is 4.79 Å². The monoisotopic (exact) mass is 434 g/mol. The summed E-state index contributed by atoms with van der Waals surface area (Å²) in [6, 6.07) is 16.6. The number of ether oxygens (including phenoxy) is 1. The molecule has 31 heavy (non-hydrogen) atoms. The molecule has 2 N–H and O–H groups in total. The summed E-state index contributed by atoms with van der Waals surface area (Å²) in [5, 5.41) is 12.8. The number of aromatic carboxylic acids is 1. The van der Waals surface area contributed by atoms with Crippen LogP contribution in [-0.4, -0.2) is 33.3 Å². The number of benzene rings is 2. The van der Waals surface area contributed by atoms with E-state index in [1.807, 2.05) is 42.5 Å². The summed E-state index contributed by atoms with van der Waals surface area (Å²) in [6.45, 7) is 0.792. The summed E-state index contributed by atoms with van der Waals surface area (Å²) >= 11 is 1.58. The highest BCUT2D eigenvalue weighted by Gasteiger charge is 2.30. The highest BCUT2D eigenvalue weighted by Crippen LogP contribution is 2.34. The van der Waals surface area contributed by atoms with E-state index in [9.17, 15) is 9.59 Å². The normalized spacial score (nSPS) is 19.2. The molecule has 0 radical (unpaired) electrons. The number of thioether (sulfide) groups is 1. The number of hydrogen-bond acceptors (Lipinski definition) is 5. The fraction of sp³-hybridized carbons (Fsp3) is 0.208. The minimum absolute atomic E-state index is 0.0177. The van der Waals surface area contributed by atoms with Gasteiger partial charge in [-0.3, -0.25) is 9.79 Å². The number of allylic oxidation sites excluding steroid dienone is 1. The van der Waals surface area contributed by atoms with Crippen molar-refractivity contribution in [1.82, 2.24) is 5.32 Å². The van der Waals surface area contributed by atoms with Crippen molar-refractivity contribution < 1.29 is 19.4 Å². The minimum Gasteiger partial charge on any atom is -0.489 e. The van der Waals surface area contributed by atoms with E-state index in [-0.39, 0.29) is 35.7 Å². The molecule has 0 fully saturated rings. The number of fused-ring (bicyclic) bond motifs is 1. The maximum Gasteiger partial charge on any atom is 0.335 e.